The molecule has 0 aliphatic carbocycles. The number of aliphatic carboxylic acids is 1. The normalized spacial score (nSPS) is 25.4. The second kappa shape index (κ2) is 8.71. The highest BCUT2D eigenvalue weighted by Crippen LogP contribution is 2.32. The van der Waals surface area contributed by atoms with E-state index in [1.54, 1.807) is 23.1 Å². The van der Waals surface area contributed by atoms with Gasteiger partial charge in [0.15, 0.2) is 0 Å². The molecule has 0 radical (unpaired) electrons. The zero-order valence-corrected chi connectivity index (χ0v) is 15.7. The Bertz CT molecular complexity index is 668. The molecule has 2 saturated heterocycles. The van der Waals surface area contributed by atoms with E-state index in [-0.39, 0.29) is 25.2 Å². The smallest absolute Gasteiger partial charge is 0.313 e. The summed E-state index contributed by atoms with van der Waals surface area (Å²) in [6, 6.07) is 7.04. The van der Waals surface area contributed by atoms with Gasteiger partial charge in [-0.3, -0.25) is 9.59 Å². The Morgan fingerprint density at radius 1 is 1.37 bits per heavy atom. The molecule has 3 rings (SSSR count). The van der Waals surface area contributed by atoms with E-state index in [4.69, 9.17) is 14.2 Å². The number of carbonyl (C=O) groups excluding carboxylic acids is 1. The number of carboxylic acid groups (broad SMARTS) is 1. The number of piperidine rings is 1. The average Bonchev–Trinajstić information content (AvgIpc) is 3.20. The van der Waals surface area contributed by atoms with Crippen LogP contribution in [0.1, 0.15) is 36.0 Å². The van der Waals surface area contributed by atoms with Crippen molar-refractivity contribution in [3.63, 3.8) is 0 Å². The van der Waals surface area contributed by atoms with Gasteiger partial charge in [-0.2, -0.15) is 0 Å². The molecular weight excluding hydrogens is 350 g/mol. The molecule has 2 aliphatic rings. The summed E-state index contributed by atoms with van der Waals surface area (Å²) < 4.78 is 16.5. The SMILES string of the molecule is COCC1(C(=O)O)CCCN(C(=O)c2cccc(OCC3CCCO3)c2)C1. The number of benzene rings is 1. The van der Waals surface area contributed by atoms with Crippen molar-refractivity contribution in [2.45, 2.75) is 31.8 Å². The Hall–Kier alpha value is -2.12. The van der Waals surface area contributed by atoms with Crippen LogP contribution in [0, 0.1) is 5.41 Å². The second-order valence-corrected chi connectivity index (χ2v) is 7.32. The van der Waals surface area contributed by atoms with Crippen LogP contribution in [-0.2, 0) is 14.3 Å². The van der Waals surface area contributed by atoms with E-state index in [0.717, 1.165) is 19.4 Å². The number of methoxy groups -OCH3 is 1. The third-order valence-corrected chi connectivity index (χ3v) is 5.28. The highest BCUT2D eigenvalue weighted by atomic mass is 16.5. The van der Waals surface area contributed by atoms with Gasteiger partial charge >= 0.3 is 5.97 Å². The Balaban J connectivity index is 1.67. The minimum Gasteiger partial charge on any atom is -0.491 e. The van der Waals surface area contributed by atoms with Crippen molar-refractivity contribution in [2.75, 3.05) is 40.0 Å². The van der Waals surface area contributed by atoms with Crippen LogP contribution in [-0.4, -0.2) is 68.0 Å². The Morgan fingerprint density at radius 3 is 2.93 bits per heavy atom. The van der Waals surface area contributed by atoms with Crippen LogP contribution < -0.4 is 4.74 Å². The van der Waals surface area contributed by atoms with E-state index >= 15 is 0 Å². The number of hydrogen-bond donors (Lipinski definition) is 1. The molecule has 1 amide bonds. The molecule has 1 aromatic rings. The second-order valence-electron chi connectivity index (χ2n) is 7.32. The number of nitrogens with zero attached hydrogens (tertiary/aromatic N) is 1. The first kappa shape index (κ1) is 19.6. The van der Waals surface area contributed by atoms with Gasteiger partial charge in [-0.05, 0) is 43.9 Å². The Kier molecular flexibility index (Phi) is 6.34. The van der Waals surface area contributed by atoms with Crippen LogP contribution in [0.15, 0.2) is 24.3 Å². The fraction of sp³-hybridized carbons (Fsp3) is 0.600. The summed E-state index contributed by atoms with van der Waals surface area (Å²) in [5, 5.41) is 9.66. The fourth-order valence-corrected chi connectivity index (χ4v) is 3.80. The monoisotopic (exact) mass is 377 g/mol. The standard InChI is InChI=1S/C20H27NO6/c1-25-14-20(19(23)24)8-4-9-21(13-20)18(22)15-5-2-6-16(11-15)27-12-17-7-3-10-26-17/h2,5-6,11,17H,3-4,7-10,12-14H2,1H3,(H,23,24). The van der Waals surface area contributed by atoms with Gasteiger partial charge in [-0.15, -0.1) is 0 Å². The van der Waals surface area contributed by atoms with Crippen molar-refractivity contribution in [1.29, 1.82) is 0 Å². The molecule has 1 N–H and O–H groups in total. The van der Waals surface area contributed by atoms with Gasteiger partial charge in [0.25, 0.3) is 5.91 Å². The molecule has 7 nitrogen and oxygen atoms in total. The predicted octanol–water partition coefficient (Wildman–Crippen LogP) is 2.20. The van der Waals surface area contributed by atoms with Gasteiger partial charge in [0.2, 0.25) is 0 Å². The Morgan fingerprint density at radius 2 is 2.22 bits per heavy atom. The minimum atomic E-state index is -1.05. The topological polar surface area (TPSA) is 85.3 Å². The lowest BCUT2D eigenvalue weighted by Crippen LogP contribution is -2.52. The predicted molar refractivity (Wildman–Crippen MR) is 98.0 cm³/mol. The van der Waals surface area contributed by atoms with Crippen LogP contribution in [0.25, 0.3) is 0 Å². The van der Waals surface area contributed by atoms with Crippen LogP contribution >= 0.6 is 0 Å². The molecule has 2 aliphatic heterocycles. The number of carbonyl (C=O) groups is 2. The van der Waals surface area contributed by atoms with E-state index < -0.39 is 11.4 Å². The van der Waals surface area contributed by atoms with Gasteiger partial charge in [0.05, 0.1) is 12.7 Å². The van der Waals surface area contributed by atoms with Crippen LogP contribution in [0.2, 0.25) is 0 Å². The van der Waals surface area contributed by atoms with E-state index in [0.29, 0.717) is 37.3 Å². The first-order valence-corrected chi connectivity index (χ1v) is 9.40. The van der Waals surface area contributed by atoms with Crippen molar-refractivity contribution >= 4 is 11.9 Å². The first-order valence-electron chi connectivity index (χ1n) is 9.40. The Labute approximate surface area is 159 Å². The summed E-state index contributed by atoms with van der Waals surface area (Å²) in [6.45, 7) is 2.02. The maximum atomic E-state index is 12.9. The summed E-state index contributed by atoms with van der Waals surface area (Å²) in [5.74, 6) is -0.482. The molecule has 2 unspecified atom stereocenters. The molecule has 0 bridgehead atoms. The molecule has 0 saturated carbocycles. The molecule has 2 atom stereocenters. The maximum Gasteiger partial charge on any atom is 0.313 e. The van der Waals surface area contributed by atoms with Crippen molar-refractivity contribution in [2.24, 2.45) is 5.41 Å². The summed E-state index contributed by atoms with van der Waals surface area (Å²) in [5.41, 5.74) is -0.546. The summed E-state index contributed by atoms with van der Waals surface area (Å²) in [6.07, 6.45) is 3.29. The zero-order valence-electron chi connectivity index (χ0n) is 15.7. The van der Waals surface area contributed by atoms with Gasteiger partial charge < -0.3 is 24.2 Å². The van der Waals surface area contributed by atoms with Gasteiger partial charge in [-0.25, -0.2) is 0 Å². The number of rotatable bonds is 7. The minimum absolute atomic E-state index is 0.0939. The summed E-state index contributed by atoms with van der Waals surface area (Å²) >= 11 is 0. The van der Waals surface area contributed by atoms with E-state index in [2.05, 4.69) is 0 Å². The molecule has 7 heteroatoms. The lowest BCUT2D eigenvalue weighted by atomic mass is 9.80. The van der Waals surface area contributed by atoms with E-state index in [9.17, 15) is 14.7 Å². The molecule has 27 heavy (non-hydrogen) atoms. The first-order chi connectivity index (χ1) is 13.0. The van der Waals surface area contributed by atoms with Gasteiger partial charge in [0, 0.05) is 32.4 Å². The van der Waals surface area contributed by atoms with Crippen LogP contribution in [0.3, 0.4) is 0 Å². The van der Waals surface area contributed by atoms with Crippen LogP contribution in [0.4, 0.5) is 0 Å². The number of amides is 1. The van der Waals surface area contributed by atoms with Crippen molar-refractivity contribution in [3.05, 3.63) is 29.8 Å². The molecule has 2 heterocycles. The number of hydrogen-bond acceptors (Lipinski definition) is 5. The van der Waals surface area contributed by atoms with Gasteiger partial charge in [-0.1, -0.05) is 6.07 Å². The highest BCUT2D eigenvalue weighted by Gasteiger charge is 2.44. The summed E-state index contributed by atoms with van der Waals surface area (Å²) in [7, 11) is 1.49. The van der Waals surface area contributed by atoms with Crippen molar-refractivity contribution in [1.82, 2.24) is 4.90 Å². The molecular formula is C20H27NO6. The maximum absolute atomic E-state index is 12.9. The number of carboxylic acids is 1. The lowest BCUT2D eigenvalue weighted by molar-refractivity contribution is -0.155. The third kappa shape index (κ3) is 4.59. The third-order valence-electron chi connectivity index (χ3n) is 5.28. The summed E-state index contributed by atoms with van der Waals surface area (Å²) in [4.78, 5) is 26.3. The largest absolute Gasteiger partial charge is 0.491 e. The van der Waals surface area contributed by atoms with Gasteiger partial charge in [0.1, 0.15) is 17.8 Å². The van der Waals surface area contributed by atoms with Crippen molar-refractivity contribution in [3.8, 4) is 5.75 Å². The lowest BCUT2D eigenvalue weighted by Gasteiger charge is -2.39. The highest BCUT2D eigenvalue weighted by molar-refractivity contribution is 5.95. The van der Waals surface area contributed by atoms with E-state index in [1.807, 2.05) is 6.07 Å². The van der Waals surface area contributed by atoms with E-state index in [1.165, 1.54) is 7.11 Å². The number of likely N-dealkylation sites (tertiary alicyclic amines) is 1. The molecule has 0 spiro atoms. The van der Waals surface area contributed by atoms with Crippen molar-refractivity contribution < 1.29 is 28.9 Å². The quantitative estimate of drug-likeness (QED) is 0.784. The zero-order chi connectivity index (χ0) is 19.3. The fourth-order valence-electron chi connectivity index (χ4n) is 3.80. The molecule has 148 valence electrons. The molecule has 2 fully saturated rings. The average molecular weight is 377 g/mol. The molecule has 1 aromatic carbocycles. The van der Waals surface area contributed by atoms with Crippen LogP contribution in [0.5, 0.6) is 5.75 Å². The number of ether oxygens (including phenoxy) is 3. The molecule has 0 aromatic heterocycles.